The molecule has 0 unspecified atom stereocenters. The molecule has 2 aromatic carbocycles. The minimum absolute atomic E-state index is 0.229. The van der Waals surface area contributed by atoms with E-state index in [0.29, 0.717) is 23.0 Å². The first-order valence-corrected chi connectivity index (χ1v) is 9.86. The Hall–Kier alpha value is -3.13. The van der Waals surface area contributed by atoms with Crippen LogP contribution in [0.15, 0.2) is 64.5 Å². The van der Waals surface area contributed by atoms with Crippen LogP contribution in [-0.4, -0.2) is 27.8 Å². The normalized spacial score (nSPS) is 15.5. The van der Waals surface area contributed by atoms with Crippen LogP contribution in [0, 0.1) is 6.92 Å². The molecule has 3 aromatic rings. The summed E-state index contributed by atoms with van der Waals surface area (Å²) < 4.78 is 8.09. The number of carbonyl (C=O) groups excluding carboxylic acids is 1. The maximum atomic E-state index is 13.4. The van der Waals surface area contributed by atoms with Gasteiger partial charge in [0.25, 0.3) is 5.91 Å². The molecule has 0 saturated heterocycles. The average molecular weight is 454 g/mol. The van der Waals surface area contributed by atoms with E-state index in [2.05, 4.69) is 36.6 Å². The van der Waals surface area contributed by atoms with E-state index in [1.54, 1.807) is 11.8 Å². The van der Waals surface area contributed by atoms with Crippen molar-refractivity contribution < 1.29 is 9.53 Å². The topological polar surface area (TPSA) is 81.1 Å². The number of fused-ring (bicyclic) bond motifs is 1. The number of hydrogen-bond acceptors (Lipinski definition) is 5. The molecule has 1 atom stereocenters. The third-order valence-corrected chi connectivity index (χ3v) is 5.36. The van der Waals surface area contributed by atoms with Crippen molar-refractivity contribution in [3.8, 4) is 5.75 Å². The molecule has 0 spiro atoms. The highest BCUT2D eigenvalue weighted by molar-refractivity contribution is 9.10. The number of nitrogens with one attached hydrogen (secondary N) is 2. The van der Waals surface area contributed by atoms with Crippen molar-refractivity contribution in [2.45, 2.75) is 19.9 Å². The molecule has 29 heavy (non-hydrogen) atoms. The third kappa shape index (κ3) is 3.63. The molecule has 2 N–H and O–H groups in total. The smallest absolute Gasteiger partial charge is 0.255 e. The van der Waals surface area contributed by atoms with Gasteiger partial charge in [-0.25, -0.2) is 4.68 Å². The Morgan fingerprint density at radius 2 is 1.97 bits per heavy atom. The molecule has 2 heterocycles. The highest BCUT2D eigenvalue weighted by Gasteiger charge is 2.33. The van der Waals surface area contributed by atoms with Crippen LogP contribution in [-0.2, 0) is 4.79 Å². The van der Waals surface area contributed by atoms with E-state index in [4.69, 9.17) is 4.74 Å². The molecular formula is C21H20BrN5O2. The number of ether oxygens (including phenoxy) is 1. The van der Waals surface area contributed by atoms with Crippen LogP contribution >= 0.6 is 15.9 Å². The molecule has 8 heteroatoms. The number of halogens is 1. The summed E-state index contributed by atoms with van der Waals surface area (Å²) in [7, 11) is 1.58. The molecule has 148 valence electrons. The van der Waals surface area contributed by atoms with Crippen LogP contribution in [0.25, 0.3) is 0 Å². The van der Waals surface area contributed by atoms with Crippen molar-refractivity contribution in [2.75, 3.05) is 17.7 Å². The lowest BCUT2D eigenvalue weighted by Gasteiger charge is -2.29. The quantitative estimate of drug-likeness (QED) is 0.615. The summed E-state index contributed by atoms with van der Waals surface area (Å²) in [6, 6.07) is 13.1. The number of anilines is 2. The van der Waals surface area contributed by atoms with Gasteiger partial charge in [-0.15, -0.1) is 0 Å². The second-order valence-corrected chi connectivity index (χ2v) is 7.72. The first-order valence-electron chi connectivity index (χ1n) is 9.06. The lowest BCUT2D eigenvalue weighted by molar-refractivity contribution is -0.113. The summed E-state index contributed by atoms with van der Waals surface area (Å²) in [6.45, 7) is 3.83. The van der Waals surface area contributed by atoms with Crippen molar-refractivity contribution in [1.29, 1.82) is 0 Å². The van der Waals surface area contributed by atoms with E-state index in [9.17, 15) is 4.79 Å². The lowest BCUT2D eigenvalue weighted by Crippen LogP contribution is -2.31. The minimum atomic E-state index is -0.405. The summed E-state index contributed by atoms with van der Waals surface area (Å²) in [5, 5.41) is 10.5. The molecule has 0 radical (unpaired) electrons. The van der Waals surface area contributed by atoms with E-state index >= 15 is 0 Å². The van der Waals surface area contributed by atoms with Gasteiger partial charge in [-0.3, -0.25) is 4.79 Å². The van der Waals surface area contributed by atoms with Gasteiger partial charge in [0, 0.05) is 10.2 Å². The number of amides is 1. The van der Waals surface area contributed by atoms with Gasteiger partial charge in [0.1, 0.15) is 18.1 Å². The van der Waals surface area contributed by atoms with Gasteiger partial charge in [-0.1, -0.05) is 34.1 Å². The van der Waals surface area contributed by atoms with Gasteiger partial charge < -0.3 is 15.4 Å². The molecule has 1 aliphatic heterocycles. The largest absolute Gasteiger partial charge is 0.495 e. The van der Waals surface area contributed by atoms with Gasteiger partial charge in [-0.05, 0) is 49.2 Å². The summed E-state index contributed by atoms with van der Waals surface area (Å²) in [5.74, 6) is 0.973. The van der Waals surface area contributed by atoms with E-state index in [1.165, 1.54) is 6.33 Å². The van der Waals surface area contributed by atoms with Crippen LogP contribution in [0.1, 0.15) is 24.1 Å². The molecule has 1 aliphatic rings. The number of aromatic nitrogens is 3. The van der Waals surface area contributed by atoms with E-state index in [0.717, 1.165) is 21.3 Å². The number of nitrogens with zero attached hydrogens (tertiary/aromatic N) is 3. The van der Waals surface area contributed by atoms with Crippen LogP contribution < -0.4 is 15.4 Å². The molecule has 0 bridgehead atoms. The molecule has 1 aromatic heterocycles. The Morgan fingerprint density at radius 1 is 1.21 bits per heavy atom. The Kier molecular flexibility index (Phi) is 5.10. The van der Waals surface area contributed by atoms with E-state index in [1.807, 2.05) is 56.3 Å². The number of benzene rings is 2. The van der Waals surface area contributed by atoms with Gasteiger partial charge in [0.05, 0.1) is 18.4 Å². The maximum absolute atomic E-state index is 13.4. The molecule has 0 saturated carbocycles. The van der Waals surface area contributed by atoms with Gasteiger partial charge in [0.2, 0.25) is 5.95 Å². The number of aryl methyl sites for hydroxylation is 1. The summed E-state index contributed by atoms with van der Waals surface area (Å²) >= 11 is 3.46. The summed E-state index contributed by atoms with van der Waals surface area (Å²) in [5.41, 5.74) is 3.87. The molecule has 1 amide bonds. The second kappa shape index (κ2) is 7.71. The zero-order valence-electron chi connectivity index (χ0n) is 16.2. The predicted octanol–water partition coefficient (Wildman–Crippen LogP) is 4.29. The zero-order valence-corrected chi connectivity index (χ0v) is 17.8. The number of allylic oxidation sites excluding steroid dienone is 1. The van der Waals surface area contributed by atoms with E-state index < -0.39 is 6.04 Å². The Labute approximate surface area is 176 Å². The first kappa shape index (κ1) is 19.2. The molecule has 7 nitrogen and oxygen atoms in total. The monoisotopic (exact) mass is 453 g/mol. The molecule has 0 aliphatic carbocycles. The number of methoxy groups -OCH3 is 1. The van der Waals surface area contributed by atoms with Gasteiger partial charge in [0.15, 0.2) is 0 Å². The third-order valence-electron chi connectivity index (χ3n) is 4.83. The highest BCUT2D eigenvalue weighted by Crippen LogP contribution is 2.36. The molecule has 0 fully saturated rings. The highest BCUT2D eigenvalue weighted by atomic mass is 79.9. The van der Waals surface area contributed by atoms with E-state index in [-0.39, 0.29) is 5.91 Å². The van der Waals surface area contributed by atoms with Crippen LogP contribution in [0.3, 0.4) is 0 Å². The Bertz CT molecular complexity index is 1100. The second-order valence-electron chi connectivity index (χ2n) is 6.80. The van der Waals surface area contributed by atoms with Crippen molar-refractivity contribution in [3.05, 3.63) is 75.7 Å². The molecular weight excluding hydrogens is 434 g/mol. The summed E-state index contributed by atoms with van der Waals surface area (Å²) in [4.78, 5) is 17.7. The Morgan fingerprint density at radius 3 is 2.69 bits per heavy atom. The maximum Gasteiger partial charge on any atom is 0.255 e. The van der Waals surface area contributed by atoms with Crippen LogP contribution in [0.2, 0.25) is 0 Å². The standard InChI is InChI=1S/C21H20BrN5O2/c1-12-4-9-17(29-3)16(10-12)26-20(28)18-13(2)25-21-23-11-24-27(21)19(18)14-5-7-15(22)8-6-14/h4-11,19H,1-3H3,(H,26,28)(H,23,24,25)/t19-/m1/s1. The number of hydrogen-bond donors (Lipinski definition) is 2. The first-order chi connectivity index (χ1) is 14.0. The van der Waals surface area contributed by atoms with Gasteiger partial charge in [-0.2, -0.15) is 10.1 Å². The molecule has 4 rings (SSSR count). The minimum Gasteiger partial charge on any atom is -0.495 e. The number of carbonyl (C=O) groups is 1. The Balaban J connectivity index is 1.76. The fraction of sp³-hybridized carbons (Fsp3) is 0.190. The average Bonchev–Trinajstić information content (AvgIpc) is 3.15. The lowest BCUT2D eigenvalue weighted by atomic mass is 9.95. The van der Waals surface area contributed by atoms with Crippen molar-refractivity contribution in [1.82, 2.24) is 14.8 Å². The van der Waals surface area contributed by atoms with Gasteiger partial charge >= 0.3 is 0 Å². The van der Waals surface area contributed by atoms with Crippen LogP contribution in [0.4, 0.5) is 11.6 Å². The zero-order chi connectivity index (χ0) is 20.5. The van der Waals surface area contributed by atoms with Crippen molar-refractivity contribution in [3.63, 3.8) is 0 Å². The SMILES string of the molecule is COc1ccc(C)cc1NC(=O)C1=C(C)Nc2ncnn2[C@@H]1c1ccc(Br)cc1. The number of rotatable bonds is 4. The summed E-state index contributed by atoms with van der Waals surface area (Å²) in [6.07, 6.45) is 1.48. The van der Waals surface area contributed by atoms with Crippen LogP contribution in [0.5, 0.6) is 5.75 Å². The fourth-order valence-corrected chi connectivity index (χ4v) is 3.71. The van der Waals surface area contributed by atoms with Crippen molar-refractivity contribution in [2.24, 2.45) is 0 Å². The predicted molar refractivity (Wildman–Crippen MR) is 115 cm³/mol. The van der Waals surface area contributed by atoms with Crippen molar-refractivity contribution >= 4 is 33.5 Å². The fourth-order valence-electron chi connectivity index (χ4n) is 3.45.